The van der Waals surface area contributed by atoms with Gasteiger partial charge in [-0.15, -0.1) is 0 Å². The number of carbonyl (C=O) groups is 2. The summed E-state index contributed by atoms with van der Waals surface area (Å²) < 4.78 is 39.6. The third-order valence-electron chi connectivity index (χ3n) is 3.22. The van der Waals surface area contributed by atoms with Crippen molar-refractivity contribution >= 4 is 17.7 Å². The quantitative estimate of drug-likeness (QED) is 0.800. The van der Waals surface area contributed by atoms with Gasteiger partial charge in [0.2, 0.25) is 0 Å². The number of rotatable bonds is 4. The predicted octanol–water partition coefficient (Wildman–Crippen LogP) is 3.36. The number of halogens is 3. The third kappa shape index (κ3) is 4.03. The third-order valence-corrected chi connectivity index (χ3v) is 3.22. The fraction of sp³-hybridized carbons (Fsp3) is 0.125. The second-order valence-electron chi connectivity index (χ2n) is 5.00. The van der Waals surface area contributed by atoms with E-state index in [0.717, 1.165) is 18.2 Å². The number of anilines is 1. The maximum Gasteiger partial charge on any atom is 0.330 e. The lowest BCUT2D eigenvalue weighted by Gasteiger charge is -2.16. The minimum Gasteiger partial charge on any atom is -0.479 e. The summed E-state index contributed by atoms with van der Waals surface area (Å²) in [4.78, 5) is 23.2. The number of amides is 2. The van der Waals surface area contributed by atoms with E-state index in [-0.39, 0.29) is 16.8 Å². The lowest BCUT2D eigenvalue weighted by molar-refractivity contribution is -0.139. The van der Waals surface area contributed by atoms with Gasteiger partial charge in [0.15, 0.2) is 6.04 Å². The van der Waals surface area contributed by atoms with E-state index in [1.54, 1.807) is 0 Å². The number of aliphatic carboxylic acids is 1. The number of nitrogens with one attached hydrogen (secondary N) is 2. The summed E-state index contributed by atoms with van der Waals surface area (Å²) in [7, 11) is 0. The van der Waals surface area contributed by atoms with Crippen LogP contribution in [0.3, 0.4) is 0 Å². The zero-order chi connectivity index (χ0) is 17.9. The molecule has 0 aliphatic carbocycles. The van der Waals surface area contributed by atoms with Gasteiger partial charge in [-0.3, -0.25) is 0 Å². The molecule has 0 spiro atoms. The molecule has 1 atom stereocenters. The number of carboxylic acids is 1. The number of aryl methyl sites for hydroxylation is 1. The molecule has 2 rings (SSSR count). The molecule has 2 aromatic carbocycles. The van der Waals surface area contributed by atoms with E-state index in [2.05, 4.69) is 10.6 Å². The van der Waals surface area contributed by atoms with E-state index in [1.165, 1.54) is 19.1 Å². The monoisotopic (exact) mass is 338 g/mol. The summed E-state index contributed by atoms with van der Waals surface area (Å²) in [5.41, 5.74) is 0.0509. The molecule has 0 aliphatic rings. The van der Waals surface area contributed by atoms with E-state index in [0.29, 0.717) is 6.07 Å². The average Bonchev–Trinajstić information content (AvgIpc) is 2.50. The Hall–Kier alpha value is -3.03. The van der Waals surface area contributed by atoms with Gasteiger partial charge in [0.05, 0.1) is 5.69 Å². The van der Waals surface area contributed by atoms with E-state index in [1.807, 2.05) is 0 Å². The Labute approximate surface area is 135 Å². The van der Waals surface area contributed by atoms with Crippen LogP contribution < -0.4 is 10.6 Å². The first kappa shape index (κ1) is 17.3. The summed E-state index contributed by atoms with van der Waals surface area (Å²) in [6.45, 7) is 1.45. The number of hydrogen-bond donors (Lipinski definition) is 3. The Kier molecular flexibility index (Phi) is 5.08. The summed E-state index contributed by atoms with van der Waals surface area (Å²) in [6.07, 6.45) is 0. The second-order valence-corrected chi connectivity index (χ2v) is 5.00. The molecule has 1 unspecified atom stereocenters. The fourth-order valence-corrected chi connectivity index (χ4v) is 2.02. The first-order valence-corrected chi connectivity index (χ1v) is 6.79. The highest BCUT2D eigenvalue weighted by atomic mass is 19.1. The lowest BCUT2D eigenvalue weighted by Crippen LogP contribution is -2.37. The molecule has 2 amide bonds. The van der Waals surface area contributed by atoms with Gasteiger partial charge in [0.25, 0.3) is 0 Å². The summed E-state index contributed by atoms with van der Waals surface area (Å²) in [5.74, 6) is -3.71. The molecule has 0 bridgehead atoms. The van der Waals surface area contributed by atoms with Gasteiger partial charge in [0, 0.05) is 6.07 Å². The highest BCUT2D eigenvalue weighted by Gasteiger charge is 2.23. The standard InChI is InChI=1S/C16H13F3N2O3/c1-8-6-9(2-4-11(8)18)14(15(22)23)21-16(24)20-13-5-3-10(17)7-12(13)19/h2-7,14H,1H3,(H,22,23)(H2,20,21,24). The molecule has 126 valence electrons. The van der Waals surface area contributed by atoms with Crippen LogP contribution in [0.15, 0.2) is 36.4 Å². The first-order valence-electron chi connectivity index (χ1n) is 6.79. The van der Waals surface area contributed by atoms with E-state index < -0.39 is 35.5 Å². The Morgan fingerprint density at radius 3 is 2.33 bits per heavy atom. The molecule has 0 radical (unpaired) electrons. The van der Waals surface area contributed by atoms with E-state index in [4.69, 9.17) is 0 Å². The van der Waals surface area contributed by atoms with Crippen molar-refractivity contribution in [3.05, 3.63) is 65.0 Å². The SMILES string of the molecule is Cc1cc(C(NC(=O)Nc2ccc(F)cc2F)C(=O)O)ccc1F. The zero-order valence-corrected chi connectivity index (χ0v) is 12.4. The van der Waals surface area contributed by atoms with Crippen LogP contribution in [0, 0.1) is 24.4 Å². The Morgan fingerprint density at radius 1 is 1.04 bits per heavy atom. The summed E-state index contributed by atoms with van der Waals surface area (Å²) >= 11 is 0. The molecule has 2 aromatic rings. The van der Waals surface area contributed by atoms with Gasteiger partial charge in [-0.2, -0.15) is 0 Å². The molecule has 0 aromatic heterocycles. The predicted molar refractivity (Wildman–Crippen MR) is 80.0 cm³/mol. The molecule has 8 heteroatoms. The van der Waals surface area contributed by atoms with Crippen molar-refractivity contribution in [1.29, 1.82) is 0 Å². The Morgan fingerprint density at radius 2 is 1.75 bits per heavy atom. The summed E-state index contributed by atoms with van der Waals surface area (Å²) in [5, 5.41) is 13.5. The Bertz CT molecular complexity index is 796. The molecule has 0 fully saturated rings. The molecule has 0 aliphatic heterocycles. The van der Waals surface area contributed by atoms with Gasteiger partial charge < -0.3 is 15.7 Å². The average molecular weight is 338 g/mol. The lowest BCUT2D eigenvalue weighted by atomic mass is 10.0. The van der Waals surface area contributed by atoms with Crippen LogP contribution in [0.1, 0.15) is 17.2 Å². The largest absolute Gasteiger partial charge is 0.479 e. The highest BCUT2D eigenvalue weighted by molar-refractivity contribution is 5.92. The maximum atomic E-state index is 13.5. The number of hydrogen-bond acceptors (Lipinski definition) is 2. The van der Waals surface area contributed by atoms with Crippen LogP contribution >= 0.6 is 0 Å². The number of carboxylic acid groups (broad SMARTS) is 1. The van der Waals surface area contributed by atoms with Crippen molar-refractivity contribution in [1.82, 2.24) is 5.32 Å². The van der Waals surface area contributed by atoms with Gasteiger partial charge in [-0.25, -0.2) is 22.8 Å². The fourth-order valence-electron chi connectivity index (χ4n) is 2.02. The molecule has 0 saturated heterocycles. The molecular formula is C16H13F3N2O3. The molecule has 0 saturated carbocycles. The molecule has 3 N–H and O–H groups in total. The Balaban J connectivity index is 2.16. The minimum absolute atomic E-state index is 0.149. The van der Waals surface area contributed by atoms with Gasteiger partial charge in [0.1, 0.15) is 17.5 Å². The van der Waals surface area contributed by atoms with E-state index >= 15 is 0 Å². The van der Waals surface area contributed by atoms with Crippen LogP contribution in [-0.4, -0.2) is 17.1 Å². The smallest absolute Gasteiger partial charge is 0.330 e. The topological polar surface area (TPSA) is 78.4 Å². The minimum atomic E-state index is -1.46. The van der Waals surface area contributed by atoms with Crippen molar-refractivity contribution in [2.75, 3.05) is 5.32 Å². The summed E-state index contributed by atoms with van der Waals surface area (Å²) in [6, 6.07) is 3.64. The molecule has 24 heavy (non-hydrogen) atoms. The van der Waals surface area contributed by atoms with Crippen LogP contribution in [-0.2, 0) is 4.79 Å². The van der Waals surface area contributed by atoms with Crippen LogP contribution in [0.4, 0.5) is 23.7 Å². The van der Waals surface area contributed by atoms with Crippen molar-refractivity contribution in [2.45, 2.75) is 13.0 Å². The van der Waals surface area contributed by atoms with Gasteiger partial charge in [-0.1, -0.05) is 12.1 Å². The normalized spacial score (nSPS) is 11.7. The molecule has 0 heterocycles. The number of carbonyl (C=O) groups excluding carboxylic acids is 1. The second kappa shape index (κ2) is 7.03. The van der Waals surface area contributed by atoms with Crippen molar-refractivity contribution in [2.24, 2.45) is 0 Å². The van der Waals surface area contributed by atoms with Crippen molar-refractivity contribution in [3.63, 3.8) is 0 Å². The molecular weight excluding hydrogens is 325 g/mol. The van der Waals surface area contributed by atoms with Gasteiger partial charge >= 0.3 is 12.0 Å². The maximum absolute atomic E-state index is 13.5. The van der Waals surface area contributed by atoms with Crippen LogP contribution in [0.5, 0.6) is 0 Å². The highest BCUT2D eigenvalue weighted by Crippen LogP contribution is 2.19. The van der Waals surface area contributed by atoms with Crippen molar-refractivity contribution in [3.8, 4) is 0 Å². The van der Waals surface area contributed by atoms with Crippen molar-refractivity contribution < 1.29 is 27.9 Å². The molecule has 5 nitrogen and oxygen atoms in total. The van der Waals surface area contributed by atoms with Crippen LogP contribution in [0.2, 0.25) is 0 Å². The number of urea groups is 1. The zero-order valence-electron chi connectivity index (χ0n) is 12.4. The van der Waals surface area contributed by atoms with E-state index in [9.17, 15) is 27.9 Å². The van der Waals surface area contributed by atoms with Crippen LogP contribution in [0.25, 0.3) is 0 Å². The number of benzene rings is 2. The van der Waals surface area contributed by atoms with Gasteiger partial charge in [-0.05, 0) is 36.2 Å². The first-order chi connectivity index (χ1) is 11.3.